The molecule has 0 saturated carbocycles. The van der Waals surface area contributed by atoms with Crippen LogP contribution in [0.4, 0.5) is 0 Å². The number of benzene rings is 2. The average molecular weight is 419 g/mol. The van der Waals surface area contributed by atoms with Crippen molar-refractivity contribution in [3.05, 3.63) is 58.8 Å². The number of aromatic nitrogens is 1. The Morgan fingerprint density at radius 3 is 2.68 bits per heavy atom. The summed E-state index contributed by atoms with van der Waals surface area (Å²) in [5.41, 5.74) is 3.12. The second-order valence-corrected chi connectivity index (χ2v) is 8.35. The van der Waals surface area contributed by atoms with Crippen molar-refractivity contribution < 1.29 is 19.1 Å². The molecule has 0 unspecified atom stereocenters. The van der Waals surface area contributed by atoms with Gasteiger partial charge in [0, 0.05) is 31.3 Å². The third kappa shape index (κ3) is 3.12. The van der Waals surface area contributed by atoms with Gasteiger partial charge in [-0.05, 0) is 37.6 Å². The topological polar surface area (TPSA) is 83.7 Å². The first-order valence-corrected chi connectivity index (χ1v) is 10.5. The van der Waals surface area contributed by atoms with Crippen molar-refractivity contribution in [1.82, 2.24) is 15.2 Å². The smallest absolute Gasteiger partial charge is 0.270 e. The third-order valence-corrected chi connectivity index (χ3v) is 6.37. The Morgan fingerprint density at radius 1 is 1.16 bits per heavy atom. The highest BCUT2D eigenvalue weighted by molar-refractivity contribution is 6.02. The minimum Gasteiger partial charge on any atom is -0.495 e. The first-order valence-electron chi connectivity index (χ1n) is 10.5. The van der Waals surface area contributed by atoms with Crippen LogP contribution in [0.15, 0.2) is 36.4 Å². The number of H-pyrrole nitrogens is 1. The Morgan fingerprint density at radius 2 is 1.94 bits per heavy atom. The number of aryl methyl sites for hydroxylation is 2. The molecule has 7 nitrogen and oxygen atoms in total. The lowest BCUT2D eigenvalue weighted by atomic mass is 9.96. The lowest BCUT2D eigenvalue weighted by molar-refractivity contribution is -0.0246. The van der Waals surface area contributed by atoms with Crippen LogP contribution in [0.25, 0.3) is 10.9 Å². The normalized spacial score (nSPS) is 17.3. The summed E-state index contributed by atoms with van der Waals surface area (Å²) in [6, 6.07) is 11.4. The summed E-state index contributed by atoms with van der Waals surface area (Å²) in [6.45, 7) is 4.88. The Kier molecular flexibility index (Phi) is 4.43. The molecule has 160 valence electrons. The van der Waals surface area contributed by atoms with Crippen LogP contribution in [0.1, 0.15) is 44.8 Å². The zero-order chi connectivity index (χ0) is 21.8. The molecule has 2 aromatic carbocycles. The van der Waals surface area contributed by atoms with E-state index in [2.05, 4.69) is 10.3 Å². The quantitative estimate of drug-likeness (QED) is 0.665. The fourth-order valence-electron chi connectivity index (χ4n) is 4.59. The third-order valence-electron chi connectivity index (χ3n) is 6.37. The van der Waals surface area contributed by atoms with E-state index in [1.54, 1.807) is 7.11 Å². The van der Waals surface area contributed by atoms with Crippen molar-refractivity contribution >= 4 is 22.7 Å². The highest BCUT2D eigenvalue weighted by atomic mass is 16.5. The van der Waals surface area contributed by atoms with Crippen molar-refractivity contribution in [2.75, 3.05) is 20.2 Å². The SMILES string of the molecule is COc1cccc2c(C)c(C(=O)N3CCC4(CC3)NC(=O)c3cc(C)ccc3O4)[nH]c12. The number of fused-ring (bicyclic) bond motifs is 2. The van der Waals surface area contributed by atoms with Gasteiger partial charge >= 0.3 is 0 Å². The van der Waals surface area contributed by atoms with Crippen molar-refractivity contribution in [2.24, 2.45) is 0 Å². The van der Waals surface area contributed by atoms with E-state index >= 15 is 0 Å². The first kappa shape index (κ1) is 19.5. The first-order chi connectivity index (χ1) is 14.9. The van der Waals surface area contributed by atoms with Gasteiger partial charge in [0.05, 0.1) is 18.2 Å². The van der Waals surface area contributed by atoms with Gasteiger partial charge in [-0.2, -0.15) is 0 Å². The van der Waals surface area contributed by atoms with Crippen LogP contribution in [0.2, 0.25) is 0 Å². The van der Waals surface area contributed by atoms with Gasteiger partial charge in [-0.1, -0.05) is 23.8 Å². The van der Waals surface area contributed by atoms with E-state index in [1.807, 2.05) is 55.1 Å². The largest absolute Gasteiger partial charge is 0.495 e. The Labute approximate surface area is 180 Å². The van der Waals surface area contributed by atoms with Crippen LogP contribution < -0.4 is 14.8 Å². The zero-order valence-electron chi connectivity index (χ0n) is 17.9. The zero-order valence-corrected chi connectivity index (χ0v) is 17.9. The minimum atomic E-state index is -0.769. The number of piperidine rings is 1. The number of rotatable bonds is 2. The molecule has 0 atom stereocenters. The van der Waals surface area contributed by atoms with Crippen LogP contribution in [-0.2, 0) is 0 Å². The Balaban J connectivity index is 1.36. The number of hydrogen-bond acceptors (Lipinski definition) is 4. The number of ether oxygens (including phenoxy) is 2. The van der Waals surface area contributed by atoms with E-state index in [9.17, 15) is 9.59 Å². The summed E-state index contributed by atoms with van der Waals surface area (Å²) in [5, 5.41) is 4.02. The Hall–Kier alpha value is -3.48. The van der Waals surface area contributed by atoms with Crippen molar-refractivity contribution in [1.29, 1.82) is 0 Å². The van der Waals surface area contributed by atoms with Crippen LogP contribution in [0.5, 0.6) is 11.5 Å². The molecule has 1 aromatic heterocycles. The van der Waals surface area contributed by atoms with Crippen molar-refractivity contribution in [3.8, 4) is 11.5 Å². The molecule has 2 amide bonds. The molecular formula is C24H25N3O4. The molecule has 1 fully saturated rings. The fraction of sp³-hybridized carbons (Fsp3) is 0.333. The number of likely N-dealkylation sites (tertiary alicyclic amines) is 1. The number of hydrogen-bond donors (Lipinski definition) is 2. The highest BCUT2D eigenvalue weighted by Crippen LogP contribution is 2.35. The summed E-state index contributed by atoms with van der Waals surface area (Å²) < 4.78 is 11.7. The molecular weight excluding hydrogens is 394 g/mol. The number of para-hydroxylation sites is 1. The number of carbonyl (C=O) groups excluding carboxylic acids is 2. The molecule has 2 N–H and O–H groups in total. The lowest BCUT2D eigenvalue weighted by Gasteiger charge is -2.44. The summed E-state index contributed by atoms with van der Waals surface area (Å²) in [4.78, 5) is 31.0. The van der Waals surface area contributed by atoms with Gasteiger partial charge in [0.2, 0.25) is 0 Å². The molecule has 1 spiro atoms. The summed E-state index contributed by atoms with van der Waals surface area (Å²) in [7, 11) is 1.62. The molecule has 0 aliphatic carbocycles. The molecule has 5 rings (SSSR count). The maximum atomic E-state index is 13.3. The maximum Gasteiger partial charge on any atom is 0.270 e. The van der Waals surface area contributed by atoms with E-state index in [0.29, 0.717) is 48.7 Å². The van der Waals surface area contributed by atoms with E-state index in [1.165, 1.54) is 0 Å². The van der Waals surface area contributed by atoms with Gasteiger partial charge < -0.3 is 24.7 Å². The predicted molar refractivity (Wildman–Crippen MR) is 117 cm³/mol. The number of nitrogens with one attached hydrogen (secondary N) is 2. The maximum absolute atomic E-state index is 13.3. The number of aromatic amines is 1. The van der Waals surface area contributed by atoms with E-state index in [4.69, 9.17) is 9.47 Å². The summed E-state index contributed by atoms with van der Waals surface area (Å²) >= 11 is 0. The van der Waals surface area contributed by atoms with E-state index < -0.39 is 5.72 Å². The van der Waals surface area contributed by atoms with Crippen LogP contribution in [0.3, 0.4) is 0 Å². The van der Waals surface area contributed by atoms with Gasteiger partial charge in [0.25, 0.3) is 11.8 Å². The molecule has 31 heavy (non-hydrogen) atoms. The van der Waals surface area contributed by atoms with Gasteiger partial charge in [-0.3, -0.25) is 9.59 Å². The van der Waals surface area contributed by atoms with Crippen LogP contribution >= 0.6 is 0 Å². The monoisotopic (exact) mass is 419 g/mol. The number of carbonyl (C=O) groups is 2. The van der Waals surface area contributed by atoms with Gasteiger partial charge in [-0.25, -0.2) is 0 Å². The number of amides is 2. The van der Waals surface area contributed by atoms with Crippen LogP contribution in [0, 0.1) is 13.8 Å². The van der Waals surface area contributed by atoms with Crippen molar-refractivity contribution in [3.63, 3.8) is 0 Å². The molecule has 1 saturated heterocycles. The number of nitrogens with zero attached hydrogens (tertiary/aromatic N) is 1. The molecule has 2 aliphatic heterocycles. The van der Waals surface area contributed by atoms with Crippen molar-refractivity contribution in [2.45, 2.75) is 32.4 Å². The highest BCUT2D eigenvalue weighted by Gasteiger charge is 2.43. The minimum absolute atomic E-state index is 0.0521. The van der Waals surface area contributed by atoms with E-state index in [0.717, 1.165) is 22.0 Å². The second-order valence-electron chi connectivity index (χ2n) is 8.35. The second kappa shape index (κ2) is 7.04. The average Bonchev–Trinajstić information content (AvgIpc) is 3.11. The summed E-state index contributed by atoms with van der Waals surface area (Å²) in [6.07, 6.45) is 1.06. The number of methoxy groups -OCH3 is 1. The molecule has 0 radical (unpaired) electrons. The molecule has 3 heterocycles. The Bertz CT molecular complexity index is 1200. The lowest BCUT2D eigenvalue weighted by Crippen LogP contribution is -2.61. The predicted octanol–water partition coefficient (Wildman–Crippen LogP) is 3.55. The standard InChI is InChI=1S/C24H25N3O4/c1-14-7-8-18-17(13-14)22(28)26-24(31-18)9-11-27(12-10-24)23(29)20-15(2)16-5-4-6-19(30-3)21(16)25-20/h4-8,13,25H,9-12H2,1-3H3,(H,26,28). The fourth-order valence-corrected chi connectivity index (χ4v) is 4.59. The summed E-state index contributed by atoms with van der Waals surface area (Å²) in [5.74, 6) is 1.14. The van der Waals surface area contributed by atoms with Crippen LogP contribution in [-0.4, -0.2) is 47.6 Å². The molecule has 3 aromatic rings. The molecule has 7 heteroatoms. The van der Waals surface area contributed by atoms with Gasteiger partial charge in [-0.15, -0.1) is 0 Å². The molecule has 0 bridgehead atoms. The van der Waals surface area contributed by atoms with Gasteiger partial charge in [0.1, 0.15) is 17.2 Å². The van der Waals surface area contributed by atoms with Gasteiger partial charge in [0.15, 0.2) is 5.72 Å². The molecule has 2 aliphatic rings. The van der Waals surface area contributed by atoms with E-state index in [-0.39, 0.29) is 11.8 Å².